The summed E-state index contributed by atoms with van der Waals surface area (Å²) >= 11 is 0. The summed E-state index contributed by atoms with van der Waals surface area (Å²) in [5.74, 6) is 0.562. The van der Waals surface area contributed by atoms with E-state index in [-0.39, 0.29) is 11.8 Å². The molecule has 1 atom stereocenters. The van der Waals surface area contributed by atoms with Crippen LogP contribution in [0, 0.1) is 0 Å². The first kappa shape index (κ1) is 10.8. The lowest BCUT2D eigenvalue weighted by atomic mass is 10.2. The topological polar surface area (TPSA) is 65.5 Å². The molecule has 0 saturated carbocycles. The SMILES string of the molecule is COC(=O)c1ccc(CC[C@H](C)N)o1. The van der Waals surface area contributed by atoms with Crippen LogP contribution < -0.4 is 5.73 Å². The molecule has 0 amide bonds. The summed E-state index contributed by atoms with van der Waals surface area (Å²) < 4.78 is 9.77. The average Bonchev–Trinajstić information content (AvgIpc) is 2.62. The number of nitrogens with two attached hydrogens (primary N) is 1. The number of furan rings is 1. The fraction of sp³-hybridized carbons (Fsp3) is 0.500. The van der Waals surface area contributed by atoms with Crippen LogP contribution in [0.3, 0.4) is 0 Å². The Morgan fingerprint density at radius 1 is 1.64 bits per heavy atom. The van der Waals surface area contributed by atoms with Gasteiger partial charge in [-0.15, -0.1) is 0 Å². The zero-order valence-corrected chi connectivity index (χ0v) is 8.45. The van der Waals surface area contributed by atoms with Crippen LogP contribution in [0.4, 0.5) is 0 Å². The van der Waals surface area contributed by atoms with E-state index in [1.54, 1.807) is 12.1 Å². The highest BCUT2D eigenvalue weighted by Gasteiger charge is 2.10. The smallest absolute Gasteiger partial charge is 0.373 e. The number of esters is 1. The van der Waals surface area contributed by atoms with Gasteiger partial charge in [0.1, 0.15) is 5.76 Å². The maximum Gasteiger partial charge on any atom is 0.373 e. The minimum atomic E-state index is -0.447. The maximum absolute atomic E-state index is 11.0. The quantitative estimate of drug-likeness (QED) is 0.740. The lowest BCUT2D eigenvalue weighted by molar-refractivity contribution is 0.0563. The van der Waals surface area contributed by atoms with Gasteiger partial charge in [0.2, 0.25) is 5.76 Å². The van der Waals surface area contributed by atoms with E-state index < -0.39 is 5.97 Å². The van der Waals surface area contributed by atoms with E-state index in [4.69, 9.17) is 10.2 Å². The number of aryl methyl sites for hydroxylation is 1. The third kappa shape index (κ3) is 2.88. The van der Waals surface area contributed by atoms with Crippen molar-refractivity contribution in [1.29, 1.82) is 0 Å². The van der Waals surface area contributed by atoms with Crippen molar-refractivity contribution in [3.63, 3.8) is 0 Å². The average molecular weight is 197 g/mol. The van der Waals surface area contributed by atoms with Crippen LogP contribution in [-0.2, 0) is 11.2 Å². The molecular weight excluding hydrogens is 182 g/mol. The highest BCUT2D eigenvalue weighted by Crippen LogP contribution is 2.11. The van der Waals surface area contributed by atoms with Gasteiger partial charge in [-0.2, -0.15) is 0 Å². The number of methoxy groups -OCH3 is 1. The van der Waals surface area contributed by atoms with Crippen LogP contribution in [0.2, 0.25) is 0 Å². The molecule has 0 fully saturated rings. The molecule has 4 nitrogen and oxygen atoms in total. The second-order valence-electron chi connectivity index (χ2n) is 3.27. The molecule has 1 heterocycles. The minimum Gasteiger partial charge on any atom is -0.463 e. The van der Waals surface area contributed by atoms with Crippen LogP contribution >= 0.6 is 0 Å². The fourth-order valence-electron chi connectivity index (χ4n) is 1.09. The fourth-order valence-corrected chi connectivity index (χ4v) is 1.09. The Morgan fingerprint density at radius 2 is 2.36 bits per heavy atom. The Labute approximate surface area is 83.0 Å². The lowest BCUT2D eigenvalue weighted by Crippen LogP contribution is -2.15. The van der Waals surface area contributed by atoms with E-state index in [2.05, 4.69) is 4.74 Å². The summed E-state index contributed by atoms with van der Waals surface area (Å²) in [6.45, 7) is 1.93. The standard InChI is InChI=1S/C10H15NO3/c1-7(11)3-4-8-5-6-9(14-8)10(12)13-2/h5-7H,3-4,11H2,1-2H3/t7-/m0/s1. The number of ether oxygens (including phenoxy) is 1. The van der Waals surface area contributed by atoms with Gasteiger partial charge < -0.3 is 14.9 Å². The molecule has 0 aliphatic rings. The van der Waals surface area contributed by atoms with Gasteiger partial charge in [-0.25, -0.2) is 4.79 Å². The summed E-state index contributed by atoms with van der Waals surface area (Å²) in [5, 5.41) is 0. The monoisotopic (exact) mass is 197 g/mol. The van der Waals surface area contributed by atoms with E-state index >= 15 is 0 Å². The molecule has 0 aliphatic carbocycles. The predicted octanol–water partition coefficient (Wildman–Crippen LogP) is 1.35. The molecule has 0 aromatic carbocycles. The Kier molecular flexibility index (Phi) is 3.71. The van der Waals surface area contributed by atoms with Crippen LogP contribution in [0.5, 0.6) is 0 Å². The molecule has 14 heavy (non-hydrogen) atoms. The van der Waals surface area contributed by atoms with E-state index in [0.29, 0.717) is 0 Å². The van der Waals surface area contributed by atoms with E-state index in [1.165, 1.54) is 7.11 Å². The summed E-state index contributed by atoms with van der Waals surface area (Å²) in [7, 11) is 1.33. The van der Waals surface area contributed by atoms with Crippen molar-refractivity contribution in [1.82, 2.24) is 0 Å². The molecule has 1 aromatic rings. The Balaban J connectivity index is 2.55. The molecule has 0 bridgehead atoms. The van der Waals surface area contributed by atoms with Crippen LogP contribution in [0.15, 0.2) is 16.5 Å². The summed E-state index contributed by atoms with van der Waals surface area (Å²) in [6.07, 6.45) is 1.59. The van der Waals surface area contributed by atoms with Crippen molar-refractivity contribution in [3.8, 4) is 0 Å². The predicted molar refractivity (Wildman–Crippen MR) is 52.0 cm³/mol. The highest BCUT2D eigenvalue weighted by atomic mass is 16.5. The number of rotatable bonds is 4. The second kappa shape index (κ2) is 4.81. The highest BCUT2D eigenvalue weighted by molar-refractivity contribution is 5.86. The van der Waals surface area contributed by atoms with Crippen LogP contribution in [-0.4, -0.2) is 19.1 Å². The molecule has 4 heteroatoms. The van der Waals surface area contributed by atoms with Gasteiger partial charge in [0, 0.05) is 12.5 Å². The molecule has 78 valence electrons. The number of hydrogen-bond acceptors (Lipinski definition) is 4. The molecule has 0 unspecified atom stereocenters. The summed E-state index contributed by atoms with van der Waals surface area (Å²) in [5.41, 5.74) is 5.60. The van der Waals surface area contributed by atoms with Crippen molar-refractivity contribution in [2.24, 2.45) is 5.73 Å². The summed E-state index contributed by atoms with van der Waals surface area (Å²) in [4.78, 5) is 11.0. The van der Waals surface area contributed by atoms with Gasteiger partial charge in [-0.3, -0.25) is 0 Å². The Morgan fingerprint density at radius 3 is 2.93 bits per heavy atom. The first-order chi connectivity index (χ1) is 6.63. The lowest BCUT2D eigenvalue weighted by Gasteiger charge is -2.01. The number of carbonyl (C=O) groups is 1. The van der Waals surface area contributed by atoms with Gasteiger partial charge in [-0.05, 0) is 25.5 Å². The molecular formula is C10H15NO3. The van der Waals surface area contributed by atoms with Crippen LogP contribution in [0.25, 0.3) is 0 Å². The van der Waals surface area contributed by atoms with Crippen molar-refractivity contribution < 1.29 is 13.9 Å². The number of hydrogen-bond donors (Lipinski definition) is 1. The zero-order valence-electron chi connectivity index (χ0n) is 8.45. The largest absolute Gasteiger partial charge is 0.463 e. The molecule has 1 rings (SSSR count). The van der Waals surface area contributed by atoms with Crippen molar-refractivity contribution in [3.05, 3.63) is 23.7 Å². The first-order valence-electron chi connectivity index (χ1n) is 4.56. The van der Waals surface area contributed by atoms with Gasteiger partial charge >= 0.3 is 5.97 Å². The summed E-state index contributed by atoms with van der Waals surface area (Å²) in [6, 6.07) is 3.53. The zero-order chi connectivity index (χ0) is 10.6. The van der Waals surface area contributed by atoms with Crippen molar-refractivity contribution in [2.45, 2.75) is 25.8 Å². The van der Waals surface area contributed by atoms with Gasteiger partial charge in [-0.1, -0.05) is 0 Å². The number of carbonyl (C=O) groups excluding carboxylic acids is 1. The molecule has 0 saturated heterocycles. The van der Waals surface area contributed by atoms with E-state index in [1.807, 2.05) is 6.92 Å². The maximum atomic E-state index is 11.0. The van der Waals surface area contributed by atoms with Crippen molar-refractivity contribution >= 4 is 5.97 Å². The third-order valence-electron chi connectivity index (χ3n) is 1.89. The molecule has 2 N–H and O–H groups in total. The molecule has 1 aromatic heterocycles. The van der Waals surface area contributed by atoms with E-state index in [0.717, 1.165) is 18.6 Å². The van der Waals surface area contributed by atoms with Gasteiger partial charge in [0.05, 0.1) is 7.11 Å². The second-order valence-corrected chi connectivity index (χ2v) is 3.27. The third-order valence-corrected chi connectivity index (χ3v) is 1.89. The van der Waals surface area contributed by atoms with Crippen LogP contribution in [0.1, 0.15) is 29.7 Å². The van der Waals surface area contributed by atoms with Gasteiger partial charge in [0.25, 0.3) is 0 Å². The Hall–Kier alpha value is -1.29. The van der Waals surface area contributed by atoms with E-state index in [9.17, 15) is 4.79 Å². The minimum absolute atomic E-state index is 0.140. The molecule has 0 radical (unpaired) electrons. The normalized spacial score (nSPS) is 12.5. The van der Waals surface area contributed by atoms with Crippen molar-refractivity contribution in [2.75, 3.05) is 7.11 Å². The molecule has 0 spiro atoms. The Bertz CT molecular complexity index is 304. The van der Waals surface area contributed by atoms with Gasteiger partial charge in [0.15, 0.2) is 0 Å². The molecule has 0 aliphatic heterocycles. The first-order valence-corrected chi connectivity index (χ1v) is 4.56.